The number of hydrogen-bond donors (Lipinski definition) is 0. The zero-order chi connectivity index (χ0) is 20.4. The summed E-state index contributed by atoms with van der Waals surface area (Å²) in [5, 5.41) is 0. The Labute approximate surface area is 171 Å². The lowest BCUT2D eigenvalue weighted by Gasteiger charge is -2.30. The van der Waals surface area contributed by atoms with E-state index in [0.29, 0.717) is 42.5 Å². The minimum atomic E-state index is -3.11. The smallest absolute Gasteiger partial charge is 0.211 e. The van der Waals surface area contributed by atoms with Gasteiger partial charge in [0.25, 0.3) is 0 Å². The van der Waals surface area contributed by atoms with Crippen molar-refractivity contribution in [2.24, 2.45) is 5.92 Å². The zero-order valence-corrected chi connectivity index (χ0v) is 17.2. The van der Waals surface area contributed by atoms with E-state index in [1.54, 1.807) is 16.7 Å². The van der Waals surface area contributed by atoms with Crippen LogP contribution in [0.1, 0.15) is 40.7 Å². The van der Waals surface area contributed by atoms with E-state index in [9.17, 15) is 13.2 Å². The quantitative estimate of drug-likeness (QED) is 0.728. The Kier molecular flexibility index (Phi) is 5.52. The molecule has 0 radical (unpaired) electrons. The first-order valence-electron chi connectivity index (χ1n) is 9.82. The molecule has 2 aromatic rings. The predicted molar refractivity (Wildman–Crippen MR) is 112 cm³/mol. The van der Waals surface area contributed by atoms with Crippen LogP contribution in [0.2, 0.25) is 0 Å². The first-order chi connectivity index (χ1) is 13.9. The van der Waals surface area contributed by atoms with Crippen LogP contribution in [-0.4, -0.2) is 49.4 Å². The predicted octanol–water partition coefficient (Wildman–Crippen LogP) is 3.22. The van der Waals surface area contributed by atoms with E-state index in [2.05, 4.69) is 4.98 Å². The summed E-state index contributed by atoms with van der Waals surface area (Å²) in [6.45, 7) is 1.62. The Morgan fingerprint density at radius 2 is 1.83 bits per heavy atom. The van der Waals surface area contributed by atoms with Crippen LogP contribution in [-0.2, 0) is 14.8 Å². The number of benzene rings is 1. The molecule has 1 fully saturated rings. The maximum Gasteiger partial charge on any atom is 0.211 e. The van der Waals surface area contributed by atoms with E-state index in [0.717, 1.165) is 30.4 Å². The van der Waals surface area contributed by atoms with Gasteiger partial charge in [0.05, 0.1) is 18.4 Å². The fourth-order valence-corrected chi connectivity index (χ4v) is 4.91. The number of sulfonamides is 1. The molecule has 1 saturated heterocycles. The number of aromatic nitrogens is 1. The van der Waals surface area contributed by atoms with Crippen molar-refractivity contribution in [3.63, 3.8) is 0 Å². The van der Waals surface area contributed by atoms with Crippen LogP contribution >= 0.6 is 0 Å². The normalized spacial score (nSPS) is 18.2. The molecule has 0 spiro atoms. The van der Waals surface area contributed by atoms with Crippen molar-refractivity contribution in [3.05, 3.63) is 65.5 Å². The van der Waals surface area contributed by atoms with Crippen molar-refractivity contribution in [2.75, 3.05) is 26.0 Å². The van der Waals surface area contributed by atoms with Gasteiger partial charge in [0.15, 0.2) is 5.78 Å². The van der Waals surface area contributed by atoms with Crippen LogP contribution in [0, 0.1) is 5.92 Å². The number of carbonyl (C=O) groups is 1. The van der Waals surface area contributed by atoms with E-state index in [-0.39, 0.29) is 5.78 Å². The van der Waals surface area contributed by atoms with Crippen molar-refractivity contribution in [3.8, 4) is 0 Å². The summed E-state index contributed by atoms with van der Waals surface area (Å²) >= 11 is 0. The van der Waals surface area contributed by atoms with Gasteiger partial charge in [-0.1, -0.05) is 30.3 Å². The SMILES string of the molecule is CS(=O)(=O)N1CCC(CCOC2=C(c3cccnc3)C(=O)c3ccccc32)CC1. The minimum Gasteiger partial charge on any atom is -0.492 e. The van der Waals surface area contributed by atoms with Gasteiger partial charge in [-0.25, -0.2) is 12.7 Å². The van der Waals surface area contributed by atoms with Gasteiger partial charge in [-0.05, 0) is 31.2 Å². The highest BCUT2D eigenvalue weighted by Gasteiger charge is 2.32. The zero-order valence-electron chi connectivity index (χ0n) is 16.4. The number of carbonyl (C=O) groups excluding carboxylic acids is 1. The maximum absolute atomic E-state index is 13.0. The van der Waals surface area contributed by atoms with Gasteiger partial charge in [0.2, 0.25) is 10.0 Å². The van der Waals surface area contributed by atoms with E-state index >= 15 is 0 Å². The Balaban J connectivity index is 1.47. The number of pyridine rings is 1. The lowest BCUT2D eigenvalue weighted by atomic mass is 9.95. The second kappa shape index (κ2) is 8.08. The molecule has 29 heavy (non-hydrogen) atoms. The Hall–Kier alpha value is -2.51. The largest absolute Gasteiger partial charge is 0.492 e. The van der Waals surface area contributed by atoms with Crippen molar-refractivity contribution < 1.29 is 17.9 Å². The standard InChI is InChI=1S/C22H24N2O4S/c1-29(26,27)24-12-8-16(9-13-24)10-14-28-22-19-7-3-2-6-18(19)21(25)20(22)17-5-4-11-23-15-17/h2-7,11,15-16H,8-10,12-14H2,1H3. The summed E-state index contributed by atoms with van der Waals surface area (Å²) in [5.74, 6) is 1.00. The number of allylic oxidation sites excluding steroid dienone is 1. The fourth-order valence-electron chi connectivity index (χ4n) is 4.03. The molecule has 2 aliphatic rings. The van der Waals surface area contributed by atoms with Crippen LogP contribution in [0.5, 0.6) is 0 Å². The molecule has 2 heterocycles. The number of piperidine rings is 1. The highest BCUT2D eigenvalue weighted by molar-refractivity contribution is 7.88. The molecule has 152 valence electrons. The van der Waals surface area contributed by atoms with Crippen molar-refractivity contribution in [1.82, 2.24) is 9.29 Å². The first kappa shape index (κ1) is 19.8. The molecule has 1 aliphatic heterocycles. The third kappa shape index (κ3) is 4.11. The number of hydrogen-bond acceptors (Lipinski definition) is 5. The molecule has 7 heteroatoms. The van der Waals surface area contributed by atoms with E-state index < -0.39 is 10.0 Å². The van der Waals surface area contributed by atoms with E-state index in [1.807, 2.05) is 36.4 Å². The summed E-state index contributed by atoms with van der Waals surface area (Å²) in [7, 11) is -3.11. The lowest BCUT2D eigenvalue weighted by molar-refractivity contribution is 0.105. The van der Waals surface area contributed by atoms with Gasteiger partial charge in [0, 0.05) is 42.2 Å². The van der Waals surface area contributed by atoms with Gasteiger partial charge in [-0.15, -0.1) is 0 Å². The monoisotopic (exact) mass is 412 g/mol. The molecule has 1 aliphatic carbocycles. The average Bonchev–Trinajstić information content (AvgIpc) is 3.01. The molecule has 0 amide bonds. The number of fused-ring (bicyclic) bond motifs is 1. The molecule has 6 nitrogen and oxygen atoms in total. The first-order valence-corrected chi connectivity index (χ1v) is 11.7. The van der Waals surface area contributed by atoms with Gasteiger partial charge in [0.1, 0.15) is 5.76 Å². The molecule has 0 atom stereocenters. The second-order valence-corrected chi connectivity index (χ2v) is 9.55. The van der Waals surface area contributed by atoms with E-state index in [4.69, 9.17) is 4.74 Å². The summed E-state index contributed by atoms with van der Waals surface area (Å²) < 4.78 is 31.0. The molecule has 0 N–H and O–H groups in total. The number of nitrogens with zero attached hydrogens (tertiary/aromatic N) is 2. The van der Waals surface area contributed by atoms with Crippen LogP contribution in [0.25, 0.3) is 11.3 Å². The van der Waals surface area contributed by atoms with Crippen molar-refractivity contribution >= 4 is 27.1 Å². The van der Waals surface area contributed by atoms with Crippen LogP contribution in [0.4, 0.5) is 0 Å². The van der Waals surface area contributed by atoms with Crippen LogP contribution < -0.4 is 0 Å². The number of ether oxygens (including phenoxy) is 1. The van der Waals surface area contributed by atoms with Crippen LogP contribution in [0.3, 0.4) is 0 Å². The summed E-state index contributed by atoms with van der Waals surface area (Å²) in [6.07, 6.45) is 7.12. The minimum absolute atomic E-state index is 0.0370. The molecule has 0 bridgehead atoms. The topological polar surface area (TPSA) is 76.6 Å². The van der Waals surface area contributed by atoms with Crippen LogP contribution in [0.15, 0.2) is 48.8 Å². The van der Waals surface area contributed by atoms with Crippen molar-refractivity contribution in [2.45, 2.75) is 19.3 Å². The fraction of sp³-hybridized carbons (Fsp3) is 0.364. The highest BCUT2D eigenvalue weighted by Crippen LogP contribution is 2.39. The maximum atomic E-state index is 13.0. The second-order valence-electron chi connectivity index (χ2n) is 7.56. The lowest BCUT2D eigenvalue weighted by Crippen LogP contribution is -2.37. The third-order valence-corrected chi connectivity index (χ3v) is 6.94. The molecule has 1 aromatic carbocycles. The molecular formula is C22H24N2O4S. The number of ketones is 1. The molecule has 1 aromatic heterocycles. The highest BCUT2D eigenvalue weighted by atomic mass is 32.2. The van der Waals surface area contributed by atoms with E-state index in [1.165, 1.54) is 6.26 Å². The summed E-state index contributed by atoms with van der Waals surface area (Å²) in [6, 6.07) is 11.2. The average molecular weight is 413 g/mol. The van der Waals surface area contributed by atoms with Crippen molar-refractivity contribution in [1.29, 1.82) is 0 Å². The number of rotatable bonds is 6. The summed E-state index contributed by atoms with van der Waals surface area (Å²) in [4.78, 5) is 17.1. The third-order valence-electron chi connectivity index (χ3n) is 5.64. The molecule has 4 rings (SSSR count). The number of Topliss-reactive ketones (excluding diaryl/α,β-unsaturated/α-hetero) is 1. The van der Waals surface area contributed by atoms with Gasteiger partial charge < -0.3 is 4.74 Å². The van der Waals surface area contributed by atoms with Gasteiger partial charge in [-0.3, -0.25) is 9.78 Å². The Bertz CT molecular complexity index is 1040. The molecular weight excluding hydrogens is 388 g/mol. The Morgan fingerprint density at radius 3 is 2.48 bits per heavy atom. The Morgan fingerprint density at radius 1 is 1.10 bits per heavy atom. The molecule has 0 saturated carbocycles. The van der Waals surface area contributed by atoms with Gasteiger partial charge >= 0.3 is 0 Å². The van der Waals surface area contributed by atoms with Gasteiger partial charge in [-0.2, -0.15) is 0 Å². The molecule has 0 unspecified atom stereocenters. The summed E-state index contributed by atoms with van der Waals surface area (Å²) in [5.41, 5.74) is 2.79.